The molecule has 1 aliphatic heterocycles. The van der Waals surface area contributed by atoms with Crippen molar-refractivity contribution in [2.75, 3.05) is 13.7 Å². The van der Waals surface area contributed by atoms with Gasteiger partial charge in [0.1, 0.15) is 5.75 Å². The normalized spacial score (nSPS) is 19.9. The van der Waals surface area contributed by atoms with Crippen LogP contribution in [0.1, 0.15) is 11.5 Å². The molecule has 0 bridgehead atoms. The molecule has 2 rings (SSSR count). The van der Waals surface area contributed by atoms with Gasteiger partial charge in [-0.3, -0.25) is 0 Å². The van der Waals surface area contributed by atoms with Gasteiger partial charge in [0.25, 0.3) is 0 Å². The fraction of sp³-hybridized carbons (Fsp3) is 0.273. The summed E-state index contributed by atoms with van der Waals surface area (Å²) < 4.78 is 10.4. The highest BCUT2D eigenvalue weighted by Gasteiger charge is 2.20. The molecular formula is C11H12O2. The first-order chi connectivity index (χ1) is 6.42. The molecule has 1 aliphatic rings. The minimum Gasteiger partial charge on any atom is -0.505 e. The first kappa shape index (κ1) is 8.17. The average Bonchev–Trinajstić information content (AvgIpc) is 2.58. The van der Waals surface area contributed by atoms with Crippen molar-refractivity contribution in [2.24, 2.45) is 0 Å². The number of rotatable bonds is 2. The first-order valence-electron chi connectivity index (χ1n) is 4.33. The van der Waals surface area contributed by atoms with E-state index in [0.29, 0.717) is 5.92 Å². The Bertz CT molecular complexity index is 318. The molecular weight excluding hydrogens is 164 g/mol. The molecule has 0 spiro atoms. The Hall–Kier alpha value is -1.44. The van der Waals surface area contributed by atoms with E-state index in [9.17, 15) is 0 Å². The smallest absolute Gasteiger partial charge is 0.123 e. The van der Waals surface area contributed by atoms with Gasteiger partial charge in [-0.2, -0.15) is 0 Å². The zero-order valence-electron chi connectivity index (χ0n) is 7.57. The molecule has 0 aliphatic carbocycles. The molecule has 68 valence electrons. The Morgan fingerprint density at radius 1 is 1.46 bits per heavy atom. The summed E-state index contributed by atoms with van der Waals surface area (Å²) in [7, 11) is 1.65. The van der Waals surface area contributed by atoms with Crippen molar-refractivity contribution < 1.29 is 9.47 Å². The quantitative estimate of drug-likeness (QED) is 0.644. The van der Waals surface area contributed by atoms with E-state index in [-0.39, 0.29) is 0 Å². The molecule has 0 amide bonds. The number of benzene rings is 1. The van der Waals surface area contributed by atoms with Crippen LogP contribution in [0.25, 0.3) is 0 Å². The summed E-state index contributed by atoms with van der Waals surface area (Å²) in [6.45, 7) is 0.721. The molecule has 2 heteroatoms. The van der Waals surface area contributed by atoms with Gasteiger partial charge in [0.05, 0.1) is 20.0 Å². The zero-order valence-corrected chi connectivity index (χ0v) is 7.57. The lowest BCUT2D eigenvalue weighted by molar-refractivity contribution is 0.325. The zero-order chi connectivity index (χ0) is 9.10. The monoisotopic (exact) mass is 176 g/mol. The molecule has 0 radical (unpaired) electrons. The molecule has 0 saturated heterocycles. The van der Waals surface area contributed by atoms with E-state index >= 15 is 0 Å². The van der Waals surface area contributed by atoms with Crippen LogP contribution in [0.4, 0.5) is 0 Å². The molecule has 1 heterocycles. The van der Waals surface area contributed by atoms with Crippen LogP contribution in [-0.4, -0.2) is 13.7 Å². The Labute approximate surface area is 77.8 Å². The fourth-order valence-electron chi connectivity index (χ4n) is 1.52. The van der Waals surface area contributed by atoms with Crippen molar-refractivity contribution >= 4 is 0 Å². The van der Waals surface area contributed by atoms with E-state index in [2.05, 4.69) is 6.07 Å². The largest absolute Gasteiger partial charge is 0.505 e. The van der Waals surface area contributed by atoms with E-state index in [1.165, 1.54) is 5.56 Å². The predicted octanol–water partition coefficient (Wildman–Crippen LogP) is 2.32. The Morgan fingerprint density at radius 2 is 2.31 bits per heavy atom. The van der Waals surface area contributed by atoms with Crippen molar-refractivity contribution in [1.82, 2.24) is 0 Å². The minimum atomic E-state index is 0.344. The first-order valence-corrected chi connectivity index (χ1v) is 4.33. The van der Waals surface area contributed by atoms with E-state index in [1.807, 2.05) is 24.3 Å². The highest BCUT2D eigenvalue weighted by atomic mass is 16.5. The van der Waals surface area contributed by atoms with Crippen LogP contribution >= 0.6 is 0 Å². The highest BCUT2D eigenvalue weighted by molar-refractivity contribution is 5.41. The summed E-state index contributed by atoms with van der Waals surface area (Å²) in [5, 5.41) is 0. The number of para-hydroxylation sites is 1. The van der Waals surface area contributed by atoms with Crippen molar-refractivity contribution in [3.05, 3.63) is 42.2 Å². The van der Waals surface area contributed by atoms with Gasteiger partial charge in [0.2, 0.25) is 0 Å². The molecule has 1 aromatic rings. The van der Waals surface area contributed by atoms with Gasteiger partial charge in [-0.1, -0.05) is 18.2 Å². The van der Waals surface area contributed by atoms with E-state index in [1.54, 1.807) is 13.4 Å². The third-order valence-corrected chi connectivity index (χ3v) is 2.18. The van der Waals surface area contributed by atoms with Gasteiger partial charge in [0, 0.05) is 11.5 Å². The van der Waals surface area contributed by atoms with Crippen molar-refractivity contribution in [3.63, 3.8) is 0 Å². The lowest BCUT2D eigenvalue weighted by Crippen LogP contribution is -1.96. The number of hydrogen-bond donors (Lipinski definition) is 0. The van der Waals surface area contributed by atoms with Crippen molar-refractivity contribution in [3.8, 4) is 5.75 Å². The highest BCUT2D eigenvalue weighted by Crippen LogP contribution is 2.33. The number of methoxy groups -OCH3 is 1. The number of ether oxygens (including phenoxy) is 2. The van der Waals surface area contributed by atoms with Crippen LogP contribution in [-0.2, 0) is 4.74 Å². The molecule has 0 saturated carbocycles. The van der Waals surface area contributed by atoms with Crippen molar-refractivity contribution in [2.45, 2.75) is 5.92 Å². The maximum absolute atomic E-state index is 5.50. The van der Waals surface area contributed by atoms with Crippen LogP contribution in [0.2, 0.25) is 0 Å². The maximum Gasteiger partial charge on any atom is 0.123 e. The van der Waals surface area contributed by atoms with Crippen LogP contribution in [0.5, 0.6) is 5.75 Å². The second-order valence-corrected chi connectivity index (χ2v) is 3.02. The number of hydrogen-bond acceptors (Lipinski definition) is 2. The lowest BCUT2D eigenvalue weighted by Gasteiger charge is -2.00. The Balaban J connectivity index is 2.23. The van der Waals surface area contributed by atoms with Gasteiger partial charge < -0.3 is 9.47 Å². The van der Waals surface area contributed by atoms with Crippen molar-refractivity contribution in [1.29, 1.82) is 0 Å². The predicted molar refractivity (Wildman–Crippen MR) is 50.8 cm³/mol. The van der Waals surface area contributed by atoms with Gasteiger partial charge in [-0.25, -0.2) is 0 Å². The lowest BCUT2D eigenvalue weighted by atomic mass is 10.0. The van der Waals surface area contributed by atoms with Gasteiger partial charge in [-0.15, -0.1) is 0 Å². The second kappa shape index (κ2) is 3.52. The third kappa shape index (κ3) is 1.52. The van der Waals surface area contributed by atoms with Crippen LogP contribution < -0.4 is 4.74 Å². The standard InChI is InChI=1S/C11H12O2/c1-12-7-6-9-8-13-11-5-3-2-4-10(9)11/h2-7,9H,8H2,1H3/b7-6+. The maximum atomic E-state index is 5.50. The molecule has 1 aromatic carbocycles. The minimum absolute atomic E-state index is 0.344. The Morgan fingerprint density at radius 3 is 3.15 bits per heavy atom. The third-order valence-electron chi connectivity index (χ3n) is 2.18. The summed E-state index contributed by atoms with van der Waals surface area (Å²) >= 11 is 0. The summed E-state index contributed by atoms with van der Waals surface area (Å²) in [6.07, 6.45) is 3.72. The average molecular weight is 176 g/mol. The molecule has 1 atom stereocenters. The Kier molecular flexibility index (Phi) is 2.21. The van der Waals surface area contributed by atoms with Gasteiger partial charge >= 0.3 is 0 Å². The summed E-state index contributed by atoms with van der Waals surface area (Å²) in [6, 6.07) is 8.10. The van der Waals surface area contributed by atoms with Gasteiger partial charge in [-0.05, 0) is 12.1 Å². The van der Waals surface area contributed by atoms with E-state index in [0.717, 1.165) is 12.4 Å². The van der Waals surface area contributed by atoms with Gasteiger partial charge in [0.15, 0.2) is 0 Å². The van der Waals surface area contributed by atoms with E-state index in [4.69, 9.17) is 9.47 Å². The molecule has 13 heavy (non-hydrogen) atoms. The summed E-state index contributed by atoms with van der Waals surface area (Å²) in [5.74, 6) is 1.34. The fourth-order valence-corrected chi connectivity index (χ4v) is 1.52. The number of fused-ring (bicyclic) bond motifs is 1. The topological polar surface area (TPSA) is 18.5 Å². The molecule has 0 aromatic heterocycles. The summed E-state index contributed by atoms with van der Waals surface area (Å²) in [4.78, 5) is 0. The SMILES string of the molecule is CO/C=C/C1COc2ccccc21. The van der Waals surface area contributed by atoms with E-state index < -0.39 is 0 Å². The van der Waals surface area contributed by atoms with Crippen LogP contribution in [0.15, 0.2) is 36.6 Å². The molecule has 0 fully saturated rings. The van der Waals surface area contributed by atoms with Crippen LogP contribution in [0, 0.1) is 0 Å². The van der Waals surface area contributed by atoms with Crippen LogP contribution in [0.3, 0.4) is 0 Å². The molecule has 0 N–H and O–H groups in total. The summed E-state index contributed by atoms with van der Waals surface area (Å²) in [5.41, 5.74) is 1.25. The molecule has 2 nitrogen and oxygen atoms in total. The second-order valence-electron chi connectivity index (χ2n) is 3.02. The molecule has 1 unspecified atom stereocenters.